The number of halogens is 1. The molecular formula is C9H8ClN3O2S. The van der Waals surface area contributed by atoms with E-state index in [1.165, 1.54) is 17.7 Å². The lowest BCUT2D eigenvalue weighted by atomic mass is 10.3. The van der Waals surface area contributed by atoms with Crippen molar-refractivity contribution in [3.63, 3.8) is 0 Å². The lowest BCUT2D eigenvalue weighted by Gasteiger charge is -2.08. The first-order valence-corrected chi connectivity index (χ1v) is 5.68. The molecule has 7 heteroatoms. The number of amides is 1. The third-order valence-electron chi connectivity index (χ3n) is 1.91. The van der Waals surface area contributed by atoms with Gasteiger partial charge in [-0.15, -0.1) is 11.3 Å². The molecule has 0 fully saturated rings. The Hall–Kier alpha value is -1.40. The molecule has 84 valence electrons. The van der Waals surface area contributed by atoms with E-state index in [1.54, 1.807) is 19.1 Å². The van der Waals surface area contributed by atoms with Crippen molar-refractivity contribution in [1.82, 2.24) is 15.5 Å². The monoisotopic (exact) mass is 257 g/mol. The summed E-state index contributed by atoms with van der Waals surface area (Å²) in [5, 5.41) is 6.38. The maximum atomic E-state index is 11.7. The molecule has 0 aromatic carbocycles. The summed E-state index contributed by atoms with van der Waals surface area (Å²) in [5.74, 6) is 0.241. The Bertz CT molecular complexity index is 483. The fourth-order valence-corrected chi connectivity index (χ4v) is 2.08. The Kier molecular flexibility index (Phi) is 3.21. The van der Waals surface area contributed by atoms with E-state index in [0.717, 1.165) is 0 Å². The zero-order valence-corrected chi connectivity index (χ0v) is 9.88. The fraction of sp³-hybridized carbons (Fsp3) is 0.222. The standard InChI is InChI=1S/C9H8ClN3O2S/c1-5(8-11-4-15-13-8)12-9(14)6-2-3-7(10)16-6/h2-5H,1H3,(H,12,14)/t5-/m0/s1. The third kappa shape index (κ3) is 2.40. The lowest BCUT2D eigenvalue weighted by molar-refractivity contribution is 0.0942. The highest BCUT2D eigenvalue weighted by molar-refractivity contribution is 7.17. The van der Waals surface area contributed by atoms with Gasteiger partial charge in [0.1, 0.15) is 0 Å². The minimum Gasteiger partial charge on any atom is -0.343 e. The number of hydrogen-bond acceptors (Lipinski definition) is 5. The number of nitrogens with one attached hydrogen (secondary N) is 1. The lowest BCUT2D eigenvalue weighted by Crippen LogP contribution is -2.26. The van der Waals surface area contributed by atoms with Crippen molar-refractivity contribution in [3.8, 4) is 0 Å². The molecule has 2 aromatic heterocycles. The number of nitrogens with zero attached hydrogens (tertiary/aromatic N) is 2. The molecule has 0 saturated carbocycles. The van der Waals surface area contributed by atoms with Gasteiger partial charge in [-0.2, -0.15) is 4.98 Å². The van der Waals surface area contributed by atoms with E-state index >= 15 is 0 Å². The van der Waals surface area contributed by atoms with Crippen molar-refractivity contribution in [2.75, 3.05) is 0 Å². The molecule has 0 saturated heterocycles. The van der Waals surface area contributed by atoms with Crippen molar-refractivity contribution < 1.29 is 9.32 Å². The summed E-state index contributed by atoms with van der Waals surface area (Å²) < 4.78 is 5.18. The first-order valence-electron chi connectivity index (χ1n) is 4.49. The third-order valence-corrected chi connectivity index (χ3v) is 3.14. The van der Waals surface area contributed by atoms with E-state index in [0.29, 0.717) is 15.0 Å². The van der Waals surface area contributed by atoms with Crippen LogP contribution in [0.2, 0.25) is 4.34 Å². The Morgan fingerprint density at radius 1 is 1.62 bits per heavy atom. The number of hydrogen-bond donors (Lipinski definition) is 1. The number of thiophene rings is 1. The van der Waals surface area contributed by atoms with Crippen LogP contribution in [-0.2, 0) is 0 Å². The highest BCUT2D eigenvalue weighted by Crippen LogP contribution is 2.21. The van der Waals surface area contributed by atoms with Crippen molar-refractivity contribution in [1.29, 1.82) is 0 Å². The summed E-state index contributed by atoms with van der Waals surface area (Å²) in [6.07, 6.45) is 1.22. The molecule has 2 rings (SSSR count). The summed E-state index contributed by atoms with van der Waals surface area (Å²) in [6, 6.07) is 3.05. The minimum absolute atomic E-state index is 0.200. The van der Waals surface area contributed by atoms with Gasteiger partial charge in [-0.1, -0.05) is 16.8 Å². The molecule has 0 aliphatic heterocycles. The van der Waals surface area contributed by atoms with Crippen molar-refractivity contribution in [3.05, 3.63) is 33.6 Å². The van der Waals surface area contributed by atoms with Gasteiger partial charge in [0.15, 0.2) is 5.82 Å². The number of rotatable bonds is 3. The van der Waals surface area contributed by atoms with E-state index in [-0.39, 0.29) is 11.9 Å². The molecule has 0 aliphatic rings. The second kappa shape index (κ2) is 4.63. The molecule has 0 radical (unpaired) electrons. The minimum atomic E-state index is -0.299. The molecule has 1 N–H and O–H groups in total. The molecule has 2 heterocycles. The van der Waals surface area contributed by atoms with Crippen LogP contribution in [0.1, 0.15) is 28.5 Å². The smallest absolute Gasteiger partial charge is 0.261 e. The average Bonchev–Trinajstić information content (AvgIpc) is 2.87. The molecule has 0 unspecified atom stereocenters. The van der Waals surface area contributed by atoms with E-state index in [1.807, 2.05) is 0 Å². The Morgan fingerprint density at radius 3 is 3.00 bits per heavy atom. The summed E-state index contributed by atoms with van der Waals surface area (Å²) in [7, 11) is 0. The van der Waals surface area contributed by atoms with Gasteiger partial charge in [-0.3, -0.25) is 4.79 Å². The first-order chi connectivity index (χ1) is 7.66. The largest absolute Gasteiger partial charge is 0.343 e. The van der Waals surface area contributed by atoms with Crippen LogP contribution >= 0.6 is 22.9 Å². The van der Waals surface area contributed by atoms with Crippen LogP contribution < -0.4 is 5.32 Å². The fourth-order valence-electron chi connectivity index (χ4n) is 1.14. The molecule has 16 heavy (non-hydrogen) atoms. The zero-order chi connectivity index (χ0) is 11.5. The molecular weight excluding hydrogens is 250 g/mol. The topological polar surface area (TPSA) is 68.0 Å². The van der Waals surface area contributed by atoms with Gasteiger partial charge in [-0.05, 0) is 19.1 Å². The second-order valence-electron chi connectivity index (χ2n) is 3.09. The SMILES string of the molecule is C[C@H](NC(=O)c1ccc(Cl)s1)c1ncon1. The van der Waals surface area contributed by atoms with Gasteiger partial charge < -0.3 is 9.84 Å². The van der Waals surface area contributed by atoms with Gasteiger partial charge in [0.05, 0.1) is 15.3 Å². The van der Waals surface area contributed by atoms with Crippen molar-refractivity contribution >= 4 is 28.8 Å². The van der Waals surface area contributed by atoms with Crippen LogP contribution in [0.4, 0.5) is 0 Å². The number of carbonyl (C=O) groups excluding carboxylic acids is 1. The highest BCUT2D eigenvalue weighted by Gasteiger charge is 2.15. The van der Waals surface area contributed by atoms with Crippen LogP contribution in [0.15, 0.2) is 23.0 Å². The van der Waals surface area contributed by atoms with Crippen molar-refractivity contribution in [2.24, 2.45) is 0 Å². The van der Waals surface area contributed by atoms with E-state index in [2.05, 4.69) is 20.0 Å². The Morgan fingerprint density at radius 2 is 2.44 bits per heavy atom. The maximum Gasteiger partial charge on any atom is 0.261 e. The molecule has 1 amide bonds. The molecule has 1 atom stereocenters. The van der Waals surface area contributed by atoms with E-state index in [9.17, 15) is 4.79 Å². The predicted molar refractivity (Wildman–Crippen MR) is 59.5 cm³/mol. The van der Waals surface area contributed by atoms with Gasteiger partial charge >= 0.3 is 0 Å². The normalized spacial score (nSPS) is 12.4. The van der Waals surface area contributed by atoms with Crippen LogP contribution in [0.5, 0.6) is 0 Å². The Balaban J connectivity index is 2.03. The van der Waals surface area contributed by atoms with Gasteiger partial charge in [0, 0.05) is 0 Å². The van der Waals surface area contributed by atoms with Crippen LogP contribution in [0.25, 0.3) is 0 Å². The molecule has 0 spiro atoms. The zero-order valence-electron chi connectivity index (χ0n) is 8.31. The Labute approximate surface area is 100 Å². The quantitative estimate of drug-likeness (QED) is 0.916. The molecule has 2 aromatic rings. The van der Waals surface area contributed by atoms with Gasteiger partial charge in [0.25, 0.3) is 5.91 Å². The van der Waals surface area contributed by atoms with Gasteiger partial charge in [0.2, 0.25) is 6.39 Å². The van der Waals surface area contributed by atoms with Gasteiger partial charge in [-0.25, -0.2) is 0 Å². The number of carbonyl (C=O) groups is 1. The maximum absolute atomic E-state index is 11.7. The molecule has 0 aliphatic carbocycles. The first kappa shape index (κ1) is 11.1. The summed E-state index contributed by atoms with van der Waals surface area (Å²) in [4.78, 5) is 16.1. The van der Waals surface area contributed by atoms with E-state index < -0.39 is 0 Å². The number of aromatic nitrogens is 2. The highest BCUT2D eigenvalue weighted by atomic mass is 35.5. The van der Waals surface area contributed by atoms with E-state index in [4.69, 9.17) is 11.6 Å². The predicted octanol–water partition coefficient (Wildman–Crippen LogP) is 2.28. The summed E-state index contributed by atoms with van der Waals surface area (Å²) >= 11 is 6.96. The van der Waals surface area contributed by atoms with Crippen LogP contribution in [0.3, 0.4) is 0 Å². The van der Waals surface area contributed by atoms with Crippen LogP contribution in [0, 0.1) is 0 Å². The summed E-state index contributed by atoms with van der Waals surface area (Å²) in [5.41, 5.74) is 0. The molecule has 5 nitrogen and oxygen atoms in total. The summed E-state index contributed by atoms with van der Waals surface area (Å²) in [6.45, 7) is 1.78. The molecule has 0 bridgehead atoms. The second-order valence-corrected chi connectivity index (χ2v) is 4.80. The van der Waals surface area contributed by atoms with Crippen molar-refractivity contribution in [2.45, 2.75) is 13.0 Å². The van der Waals surface area contributed by atoms with Crippen LogP contribution in [-0.4, -0.2) is 16.0 Å². The average molecular weight is 258 g/mol.